The van der Waals surface area contributed by atoms with Gasteiger partial charge in [-0.25, -0.2) is 0 Å². The fourth-order valence-corrected chi connectivity index (χ4v) is 2.54. The Morgan fingerprint density at radius 1 is 1.30 bits per heavy atom. The van der Waals surface area contributed by atoms with E-state index in [0.717, 1.165) is 24.5 Å². The predicted octanol–water partition coefficient (Wildman–Crippen LogP) is 5.67. The van der Waals surface area contributed by atoms with Gasteiger partial charge in [0.1, 0.15) is 18.1 Å². The normalized spacial score (nSPS) is 17.2. The number of benzene rings is 1. The lowest BCUT2D eigenvalue weighted by Crippen LogP contribution is -2.18. The van der Waals surface area contributed by atoms with Crippen LogP contribution in [0.2, 0.25) is 0 Å². The zero-order valence-corrected chi connectivity index (χ0v) is 15.4. The number of fused-ring (bicyclic) bond motifs is 1. The number of ether oxygens (including phenoxy) is 2. The van der Waals surface area contributed by atoms with Crippen molar-refractivity contribution in [3.05, 3.63) is 47.6 Å². The van der Waals surface area contributed by atoms with Crippen LogP contribution in [0.1, 0.15) is 53.5 Å². The summed E-state index contributed by atoms with van der Waals surface area (Å²) >= 11 is 0. The van der Waals surface area contributed by atoms with E-state index >= 15 is 0 Å². The third-order valence-electron chi connectivity index (χ3n) is 4.04. The van der Waals surface area contributed by atoms with E-state index in [4.69, 9.17) is 9.47 Å². The minimum absolute atomic E-state index is 0.0994. The number of allylic oxidation sites excluding steroid dienone is 3. The summed E-state index contributed by atoms with van der Waals surface area (Å²) in [7, 11) is 0. The Labute approximate surface area is 141 Å². The molecular weight excluding hydrogens is 284 g/mol. The highest BCUT2D eigenvalue weighted by Crippen LogP contribution is 2.40. The molecule has 0 spiro atoms. The molecule has 0 radical (unpaired) electrons. The number of rotatable bonds is 5. The van der Waals surface area contributed by atoms with Crippen molar-refractivity contribution in [3.8, 4) is 11.5 Å². The molecule has 0 unspecified atom stereocenters. The molecule has 1 aromatic rings. The van der Waals surface area contributed by atoms with Crippen molar-refractivity contribution in [2.75, 3.05) is 13.2 Å². The molecule has 23 heavy (non-hydrogen) atoms. The highest BCUT2D eigenvalue weighted by molar-refractivity contribution is 5.47. The molecule has 1 heterocycles. The monoisotopic (exact) mass is 314 g/mol. The summed E-state index contributed by atoms with van der Waals surface area (Å²) in [6.07, 6.45) is 7.59. The fraction of sp³-hybridized carbons (Fsp3) is 0.524. The molecule has 0 bridgehead atoms. The van der Waals surface area contributed by atoms with Gasteiger partial charge < -0.3 is 9.47 Å². The van der Waals surface area contributed by atoms with Crippen molar-refractivity contribution >= 4 is 0 Å². The van der Waals surface area contributed by atoms with Crippen molar-refractivity contribution in [1.29, 1.82) is 0 Å². The van der Waals surface area contributed by atoms with Gasteiger partial charge in [-0.3, -0.25) is 0 Å². The molecule has 1 aliphatic rings. The molecule has 1 aromatic carbocycles. The van der Waals surface area contributed by atoms with Gasteiger partial charge in [-0.2, -0.15) is 0 Å². The van der Waals surface area contributed by atoms with Crippen LogP contribution >= 0.6 is 0 Å². The van der Waals surface area contributed by atoms with Crippen molar-refractivity contribution in [2.24, 2.45) is 5.41 Å². The smallest absolute Gasteiger partial charge is 0.126 e. The Morgan fingerprint density at radius 2 is 2.04 bits per heavy atom. The lowest BCUT2D eigenvalue weighted by Gasteiger charge is -2.15. The van der Waals surface area contributed by atoms with Crippen LogP contribution in [0.5, 0.6) is 11.5 Å². The maximum absolute atomic E-state index is 5.83. The van der Waals surface area contributed by atoms with Gasteiger partial charge in [0.2, 0.25) is 0 Å². The molecule has 0 atom stereocenters. The van der Waals surface area contributed by atoms with Gasteiger partial charge in [0.05, 0.1) is 6.61 Å². The predicted molar refractivity (Wildman–Crippen MR) is 97.4 cm³/mol. The number of hydrogen-bond acceptors (Lipinski definition) is 2. The zero-order chi connectivity index (χ0) is 17.1. The van der Waals surface area contributed by atoms with Crippen molar-refractivity contribution in [2.45, 2.75) is 53.4 Å². The Morgan fingerprint density at radius 3 is 2.74 bits per heavy atom. The van der Waals surface area contributed by atoms with Crippen LogP contribution in [0.4, 0.5) is 0 Å². The molecule has 2 rings (SSSR count). The largest absolute Gasteiger partial charge is 0.492 e. The second kappa shape index (κ2) is 6.82. The minimum Gasteiger partial charge on any atom is -0.492 e. The summed E-state index contributed by atoms with van der Waals surface area (Å²) in [5, 5.41) is 0. The summed E-state index contributed by atoms with van der Waals surface area (Å²) < 4.78 is 11.6. The van der Waals surface area contributed by atoms with Crippen LogP contribution in [0.15, 0.2) is 42.0 Å². The maximum Gasteiger partial charge on any atom is 0.126 e. The van der Waals surface area contributed by atoms with Crippen molar-refractivity contribution in [1.82, 2.24) is 0 Å². The minimum atomic E-state index is 0.0994. The van der Waals surface area contributed by atoms with Crippen LogP contribution in [0, 0.1) is 5.41 Å². The Hall–Kier alpha value is -1.70. The SMILES string of the molecule is CC(/C=C/CC(C)(C)C)=C\COc1ccc2c(c1)OCC2(C)C. The molecular formula is C21H30O2. The Kier molecular flexibility index (Phi) is 5.23. The van der Waals surface area contributed by atoms with Gasteiger partial charge in [0.25, 0.3) is 0 Å². The molecule has 2 nitrogen and oxygen atoms in total. The lowest BCUT2D eigenvalue weighted by atomic mass is 9.87. The summed E-state index contributed by atoms with van der Waals surface area (Å²) in [5.74, 6) is 1.82. The van der Waals surface area contributed by atoms with E-state index in [-0.39, 0.29) is 5.41 Å². The molecule has 0 saturated carbocycles. The highest BCUT2D eigenvalue weighted by Gasteiger charge is 2.31. The van der Waals surface area contributed by atoms with E-state index in [1.165, 1.54) is 11.1 Å². The van der Waals surface area contributed by atoms with Gasteiger partial charge in [0.15, 0.2) is 0 Å². The van der Waals surface area contributed by atoms with Crippen molar-refractivity contribution in [3.63, 3.8) is 0 Å². The second-order valence-electron chi connectivity index (χ2n) is 8.26. The average Bonchev–Trinajstić information content (AvgIpc) is 2.73. The van der Waals surface area contributed by atoms with Crippen LogP contribution < -0.4 is 9.47 Å². The third kappa shape index (κ3) is 5.16. The molecule has 0 aromatic heterocycles. The van der Waals surface area contributed by atoms with E-state index in [0.29, 0.717) is 12.0 Å². The summed E-state index contributed by atoms with van der Waals surface area (Å²) in [5.41, 5.74) is 2.93. The van der Waals surface area contributed by atoms with Crippen LogP contribution in [-0.2, 0) is 5.41 Å². The average molecular weight is 314 g/mol. The molecule has 0 aliphatic carbocycles. The Bertz CT molecular complexity index is 601. The molecule has 0 amide bonds. The van der Waals surface area contributed by atoms with Gasteiger partial charge in [-0.1, -0.05) is 58.4 Å². The summed E-state index contributed by atoms with van der Waals surface area (Å²) in [6.45, 7) is 14.6. The Balaban J connectivity index is 1.88. The van der Waals surface area contributed by atoms with E-state index in [2.05, 4.69) is 65.8 Å². The van der Waals surface area contributed by atoms with Gasteiger partial charge in [0, 0.05) is 17.0 Å². The topological polar surface area (TPSA) is 18.5 Å². The van der Waals surface area contributed by atoms with Gasteiger partial charge >= 0.3 is 0 Å². The standard InChI is InChI=1S/C21H30O2/c1-16(8-7-12-20(2,3)4)11-13-22-17-9-10-18-19(14-17)23-15-21(18,5)6/h7-11,14H,12-13,15H2,1-6H3/b8-7+,16-11+. The van der Waals surface area contributed by atoms with Crippen LogP contribution in [-0.4, -0.2) is 13.2 Å². The first-order valence-electron chi connectivity index (χ1n) is 8.41. The maximum atomic E-state index is 5.83. The molecule has 0 N–H and O–H groups in total. The first-order valence-corrected chi connectivity index (χ1v) is 8.41. The fourth-order valence-electron chi connectivity index (χ4n) is 2.54. The second-order valence-corrected chi connectivity index (χ2v) is 8.26. The quantitative estimate of drug-likeness (QED) is 0.651. The highest BCUT2D eigenvalue weighted by atomic mass is 16.5. The first kappa shape index (κ1) is 17.7. The number of hydrogen-bond donors (Lipinski definition) is 0. The van der Waals surface area contributed by atoms with E-state index < -0.39 is 0 Å². The van der Waals surface area contributed by atoms with E-state index in [1.54, 1.807) is 0 Å². The van der Waals surface area contributed by atoms with Gasteiger partial charge in [-0.05, 0) is 30.9 Å². The van der Waals surface area contributed by atoms with Crippen LogP contribution in [0.3, 0.4) is 0 Å². The molecule has 2 heteroatoms. The van der Waals surface area contributed by atoms with E-state index in [9.17, 15) is 0 Å². The summed E-state index contributed by atoms with van der Waals surface area (Å²) in [6, 6.07) is 6.16. The lowest BCUT2D eigenvalue weighted by molar-refractivity contribution is 0.289. The molecule has 1 aliphatic heterocycles. The van der Waals surface area contributed by atoms with Crippen molar-refractivity contribution < 1.29 is 9.47 Å². The van der Waals surface area contributed by atoms with Gasteiger partial charge in [-0.15, -0.1) is 0 Å². The zero-order valence-electron chi connectivity index (χ0n) is 15.4. The van der Waals surface area contributed by atoms with E-state index in [1.807, 2.05) is 12.1 Å². The molecule has 0 saturated heterocycles. The van der Waals surface area contributed by atoms with Crippen LogP contribution in [0.25, 0.3) is 0 Å². The molecule has 126 valence electrons. The first-order chi connectivity index (χ1) is 10.7. The summed E-state index contributed by atoms with van der Waals surface area (Å²) in [4.78, 5) is 0. The third-order valence-corrected chi connectivity index (χ3v) is 4.04. The molecule has 0 fully saturated rings.